The monoisotopic (exact) mass is 508 g/mol. The van der Waals surface area contributed by atoms with E-state index in [1.807, 2.05) is 55.5 Å². The fraction of sp³-hybridized carbons (Fsp3) is 0.280. The average Bonchev–Trinajstić information content (AvgIpc) is 3.18. The number of hydrogen-bond donors (Lipinski definition) is 0. The minimum absolute atomic E-state index is 0.380. The Labute approximate surface area is 213 Å². The molecular formula is C25H25ClN6O2S. The van der Waals surface area contributed by atoms with Gasteiger partial charge in [-0.2, -0.15) is 9.78 Å². The Balaban J connectivity index is 1.55. The van der Waals surface area contributed by atoms with E-state index in [0.29, 0.717) is 41.2 Å². The number of methoxy groups -OCH3 is 1. The molecule has 2 aromatic carbocycles. The second-order valence-corrected chi connectivity index (χ2v) is 9.05. The van der Waals surface area contributed by atoms with Gasteiger partial charge in [0.25, 0.3) is 0 Å². The molecule has 4 aromatic rings. The van der Waals surface area contributed by atoms with Crippen molar-refractivity contribution in [2.75, 3.05) is 33.4 Å². The molecule has 35 heavy (non-hydrogen) atoms. The molecule has 0 aliphatic carbocycles. The maximum atomic E-state index is 6.49. The van der Waals surface area contributed by atoms with Crippen molar-refractivity contribution in [1.82, 2.24) is 24.3 Å². The van der Waals surface area contributed by atoms with Gasteiger partial charge in [-0.05, 0) is 61.1 Å². The predicted octanol–water partition coefficient (Wildman–Crippen LogP) is 4.77. The van der Waals surface area contributed by atoms with Gasteiger partial charge in [0.1, 0.15) is 10.9 Å². The van der Waals surface area contributed by atoms with E-state index in [1.165, 1.54) is 0 Å². The van der Waals surface area contributed by atoms with Crippen molar-refractivity contribution in [1.29, 1.82) is 0 Å². The van der Waals surface area contributed by atoms with Crippen LogP contribution in [0.1, 0.15) is 11.1 Å². The standard InChI is InChI=1S/C25H25ClN6O2S/c1-17-3-4-19-14-20(23(26)28-22(19)13-17)15-27-32-24(18-5-7-21(33-2)8-6-18)29-31(25(32)35)16-30-9-11-34-12-10-30/h3-8,13-15H,9-12,16H2,1-2H3/b27-15+. The lowest BCUT2D eigenvalue weighted by molar-refractivity contribution is 0.0210. The van der Waals surface area contributed by atoms with Gasteiger partial charge in [-0.25, -0.2) is 9.67 Å². The minimum atomic E-state index is 0.380. The van der Waals surface area contributed by atoms with Crippen LogP contribution in [0.25, 0.3) is 22.3 Å². The smallest absolute Gasteiger partial charge is 0.220 e. The van der Waals surface area contributed by atoms with E-state index in [1.54, 1.807) is 22.7 Å². The first-order chi connectivity index (χ1) is 17.0. The van der Waals surface area contributed by atoms with E-state index in [2.05, 4.69) is 9.88 Å². The molecule has 0 spiro atoms. The lowest BCUT2D eigenvalue weighted by atomic mass is 10.1. The predicted molar refractivity (Wildman–Crippen MR) is 140 cm³/mol. The maximum absolute atomic E-state index is 6.49. The van der Waals surface area contributed by atoms with Gasteiger partial charge in [-0.1, -0.05) is 23.7 Å². The SMILES string of the molecule is COc1ccc(-c2nn(CN3CCOCC3)c(=S)n2/N=C/c2cc3ccc(C)cc3nc2Cl)cc1. The molecule has 0 atom stereocenters. The molecule has 180 valence electrons. The average molecular weight is 509 g/mol. The number of pyridine rings is 1. The third-order valence-electron chi connectivity index (χ3n) is 5.87. The largest absolute Gasteiger partial charge is 0.497 e. The van der Waals surface area contributed by atoms with Gasteiger partial charge in [-0.15, -0.1) is 5.10 Å². The second kappa shape index (κ2) is 10.2. The van der Waals surface area contributed by atoms with Crippen LogP contribution in [0, 0.1) is 11.7 Å². The fourth-order valence-corrected chi connectivity index (χ4v) is 4.35. The van der Waals surface area contributed by atoms with Crippen LogP contribution >= 0.6 is 23.8 Å². The van der Waals surface area contributed by atoms with E-state index in [4.69, 9.17) is 43.5 Å². The highest BCUT2D eigenvalue weighted by Gasteiger charge is 2.17. The summed E-state index contributed by atoms with van der Waals surface area (Å²) >= 11 is 12.3. The first-order valence-corrected chi connectivity index (χ1v) is 12.1. The number of benzene rings is 2. The number of nitrogens with zero attached hydrogens (tertiary/aromatic N) is 6. The molecule has 0 unspecified atom stereocenters. The summed E-state index contributed by atoms with van der Waals surface area (Å²) in [6.45, 7) is 5.64. The maximum Gasteiger partial charge on any atom is 0.220 e. The summed E-state index contributed by atoms with van der Waals surface area (Å²) < 4.78 is 14.7. The van der Waals surface area contributed by atoms with E-state index in [9.17, 15) is 0 Å². The zero-order valence-electron chi connectivity index (χ0n) is 19.5. The first kappa shape index (κ1) is 23.6. The van der Waals surface area contributed by atoms with Gasteiger partial charge in [-0.3, -0.25) is 4.90 Å². The Morgan fingerprint density at radius 2 is 1.91 bits per heavy atom. The highest BCUT2D eigenvalue weighted by molar-refractivity contribution is 7.71. The first-order valence-electron chi connectivity index (χ1n) is 11.3. The minimum Gasteiger partial charge on any atom is -0.497 e. The fourth-order valence-electron chi connectivity index (χ4n) is 3.93. The van der Waals surface area contributed by atoms with Crippen molar-refractivity contribution in [3.05, 3.63) is 69.6 Å². The second-order valence-electron chi connectivity index (χ2n) is 8.33. The van der Waals surface area contributed by atoms with Crippen molar-refractivity contribution >= 4 is 40.9 Å². The molecule has 0 radical (unpaired) electrons. The number of rotatable bonds is 6. The van der Waals surface area contributed by atoms with E-state index in [0.717, 1.165) is 40.9 Å². The quantitative estimate of drug-likeness (QED) is 0.212. The summed E-state index contributed by atoms with van der Waals surface area (Å²) in [5.41, 5.74) is 3.55. The van der Waals surface area contributed by atoms with Gasteiger partial charge in [0.2, 0.25) is 4.77 Å². The summed E-state index contributed by atoms with van der Waals surface area (Å²) in [5, 5.41) is 10.9. The van der Waals surface area contributed by atoms with Crippen LogP contribution in [0.2, 0.25) is 5.15 Å². The molecule has 0 N–H and O–H groups in total. The van der Waals surface area contributed by atoms with Crippen LogP contribution in [-0.4, -0.2) is 64.0 Å². The number of ether oxygens (including phenoxy) is 2. The van der Waals surface area contributed by atoms with Gasteiger partial charge < -0.3 is 9.47 Å². The summed E-state index contributed by atoms with van der Waals surface area (Å²) in [7, 11) is 1.64. The molecule has 1 fully saturated rings. The molecule has 1 aliphatic heterocycles. The molecule has 0 saturated carbocycles. The molecule has 5 rings (SSSR count). The summed E-state index contributed by atoms with van der Waals surface area (Å²) in [6.07, 6.45) is 1.68. The van der Waals surface area contributed by atoms with Crippen molar-refractivity contribution in [3.8, 4) is 17.1 Å². The van der Waals surface area contributed by atoms with E-state index < -0.39 is 0 Å². The number of halogens is 1. The van der Waals surface area contributed by atoms with Crippen LogP contribution in [0.4, 0.5) is 0 Å². The number of morpholine rings is 1. The number of fused-ring (bicyclic) bond motifs is 1. The molecule has 8 nitrogen and oxygen atoms in total. The molecule has 0 amide bonds. The molecule has 1 aliphatic rings. The van der Waals surface area contributed by atoms with Crippen LogP contribution in [-0.2, 0) is 11.4 Å². The Bertz CT molecular complexity index is 1440. The third-order valence-corrected chi connectivity index (χ3v) is 6.56. The summed E-state index contributed by atoms with van der Waals surface area (Å²) in [6, 6.07) is 15.7. The Hall–Kier alpha value is -3.11. The Kier molecular flexibility index (Phi) is 6.92. The number of hydrogen-bond acceptors (Lipinski definition) is 7. The van der Waals surface area contributed by atoms with Crippen LogP contribution in [0.3, 0.4) is 0 Å². The lowest BCUT2D eigenvalue weighted by Crippen LogP contribution is -2.37. The van der Waals surface area contributed by atoms with Crippen molar-refractivity contribution < 1.29 is 9.47 Å². The van der Waals surface area contributed by atoms with Gasteiger partial charge in [0.05, 0.1) is 38.7 Å². The third kappa shape index (κ3) is 5.13. The molecule has 2 aromatic heterocycles. The normalized spacial score (nSPS) is 14.7. The van der Waals surface area contributed by atoms with E-state index in [-0.39, 0.29) is 0 Å². The Morgan fingerprint density at radius 3 is 2.66 bits per heavy atom. The highest BCUT2D eigenvalue weighted by Crippen LogP contribution is 2.23. The lowest BCUT2D eigenvalue weighted by Gasteiger charge is -2.25. The van der Waals surface area contributed by atoms with Crippen molar-refractivity contribution in [3.63, 3.8) is 0 Å². The van der Waals surface area contributed by atoms with Crippen LogP contribution in [0.15, 0.2) is 53.6 Å². The van der Waals surface area contributed by atoms with Gasteiger partial charge in [0.15, 0.2) is 5.82 Å². The number of aromatic nitrogens is 4. The summed E-state index contributed by atoms with van der Waals surface area (Å²) in [5.74, 6) is 1.39. The zero-order chi connectivity index (χ0) is 24.4. The molecule has 3 heterocycles. The zero-order valence-corrected chi connectivity index (χ0v) is 21.1. The van der Waals surface area contributed by atoms with Gasteiger partial charge in [0, 0.05) is 29.6 Å². The van der Waals surface area contributed by atoms with Crippen LogP contribution in [0.5, 0.6) is 5.75 Å². The van der Waals surface area contributed by atoms with E-state index >= 15 is 0 Å². The molecule has 0 bridgehead atoms. The van der Waals surface area contributed by atoms with Gasteiger partial charge >= 0.3 is 0 Å². The highest BCUT2D eigenvalue weighted by atomic mass is 35.5. The van der Waals surface area contributed by atoms with Crippen molar-refractivity contribution in [2.45, 2.75) is 13.6 Å². The topological polar surface area (TPSA) is 69.7 Å². The molecule has 10 heteroatoms. The molecular weight excluding hydrogens is 484 g/mol. The van der Waals surface area contributed by atoms with Crippen molar-refractivity contribution in [2.24, 2.45) is 5.10 Å². The summed E-state index contributed by atoms with van der Waals surface area (Å²) in [4.78, 5) is 6.79. The number of aryl methyl sites for hydroxylation is 1. The molecule has 1 saturated heterocycles. The Morgan fingerprint density at radius 1 is 1.14 bits per heavy atom. The van der Waals surface area contributed by atoms with Crippen LogP contribution < -0.4 is 4.74 Å².